The van der Waals surface area contributed by atoms with E-state index in [-0.39, 0.29) is 48.5 Å². The van der Waals surface area contributed by atoms with Crippen molar-refractivity contribution in [3.05, 3.63) is 105 Å². The van der Waals surface area contributed by atoms with Crippen LogP contribution in [0.4, 0.5) is 22.7 Å². The van der Waals surface area contributed by atoms with Gasteiger partial charge in [-0.1, -0.05) is 46.4 Å². The zero-order valence-corrected chi connectivity index (χ0v) is 40.3. The zero-order valence-electron chi connectivity index (χ0n) is 37.3. The Balaban J connectivity index is 0.000000187. The van der Waals surface area contributed by atoms with E-state index in [4.69, 9.17) is 46.4 Å². The van der Waals surface area contributed by atoms with Gasteiger partial charge < -0.3 is 55.9 Å². The summed E-state index contributed by atoms with van der Waals surface area (Å²) in [5.41, 5.74) is 4.69. The molecule has 2 atom stereocenters. The number of likely N-dealkylation sites (tertiary alicyclic amines) is 2. The van der Waals surface area contributed by atoms with E-state index in [0.717, 1.165) is 55.5 Å². The third-order valence-electron chi connectivity index (χ3n) is 12.3. The molecule has 6 aromatic rings. The molecule has 4 aromatic heterocycles. The van der Waals surface area contributed by atoms with Gasteiger partial charge in [0.05, 0.1) is 30.0 Å². The van der Waals surface area contributed by atoms with Crippen LogP contribution in [0.3, 0.4) is 0 Å². The Bertz CT molecular complexity index is 2760. The topological polar surface area (TPSA) is 207 Å². The first-order valence-electron chi connectivity index (χ1n) is 22.4. The van der Waals surface area contributed by atoms with Gasteiger partial charge in [-0.2, -0.15) is 0 Å². The smallest absolute Gasteiger partial charge is 0.339 e. The second-order valence-electron chi connectivity index (χ2n) is 17.1. The van der Waals surface area contributed by atoms with Crippen molar-refractivity contribution in [2.24, 2.45) is 0 Å². The summed E-state index contributed by atoms with van der Waals surface area (Å²) >= 11 is 24.1. The monoisotopic (exact) mass is 1000 g/mol. The van der Waals surface area contributed by atoms with Crippen molar-refractivity contribution >= 4 is 115 Å². The summed E-state index contributed by atoms with van der Waals surface area (Å²) < 4.78 is 0. The first-order valence-corrected chi connectivity index (χ1v) is 23.9. The van der Waals surface area contributed by atoms with E-state index < -0.39 is 5.97 Å². The Morgan fingerprint density at radius 3 is 1.53 bits per heavy atom. The van der Waals surface area contributed by atoms with Gasteiger partial charge in [0.25, 0.3) is 5.91 Å². The number of carboxylic acids is 1. The van der Waals surface area contributed by atoms with Crippen molar-refractivity contribution in [2.45, 2.75) is 37.8 Å². The maximum atomic E-state index is 13.5. The average Bonchev–Trinajstić information content (AvgIpc) is 4.01. The molecule has 3 aliphatic heterocycles. The molecule has 0 bridgehead atoms. The highest BCUT2D eigenvalue weighted by molar-refractivity contribution is 6.35. The molecule has 68 heavy (non-hydrogen) atoms. The third kappa shape index (κ3) is 12.0. The summed E-state index contributed by atoms with van der Waals surface area (Å²) in [5, 5.41) is 26.3. The number of aromatic amines is 2. The molecule has 0 saturated carbocycles. The van der Waals surface area contributed by atoms with Gasteiger partial charge >= 0.3 is 5.97 Å². The number of H-pyrrole nitrogens is 2. The van der Waals surface area contributed by atoms with Gasteiger partial charge in [-0.05, 0) is 81.3 Å². The molecule has 0 radical (unpaired) electrons. The van der Waals surface area contributed by atoms with Gasteiger partial charge in [-0.3, -0.25) is 14.4 Å². The van der Waals surface area contributed by atoms with Crippen molar-refractivity contribution in [3.63, 3.8) is 0 Å². The molecule has 3 amide bonds. The van der Waals surface area contributed by atoms with Crippen LogP contribution >= 0.6 is 46.4 Å². The van der Waals surface area contributed by atoms with Crippen LogP contribution in [0.25, 0.3) is 22.1 Å². The molecule has 21 heteroatoms. The van der Waals surface area contributed by atoms with Crippen molar-refractivity contribution in [1.82, 2.24) is 39.5 Å². The number of pyridine rings is 2. The summed E-state index contributed by atoms with van der Waals surface area (Å²) in [6.07, 6.45) is 9.97. The van der Waals surface area contributed by atoms with Crippen LogP contribution < -0.4 is 21.3 Å². The molecule has 0 spiro atoms. The average molecular weight is 1010 g/mol. The molecule has 358 valence electrons. The van der Waals surface area contributed by atoms with Crippen molar-refractivity contribution in [2.75, 3.05) is 93.8 Å². The zero-order chi connectivity index (χ0) is 47.9. The van der Waals surface area contributed by atoms with Crippen LogP contribution in [0.2, 0.25) is 20.1 Å². The number of anilines is 4. The van der Waals surface area contributed by atoms with E-state index in [1.165, 1.54) is 6.20 Å². The molecule has 3 aliphatic rings. The normalized spacial score (nSPS) is 17.6. The van der Waals surface area contributed by atoms with E-state index in [2.05, 4.69) is 53.2 Å². The summed E-state index contributed by atoms with van der Waals surface area (Å²) in [7, 11) is 2.07. The molecular weight excluding hydrogens is 954 g/mol. The predicted molar refractivity (Wildman–Crippen MR) is 269 cm³/mol. The van der Waals surface area contributed by atoms with Crippen LogP contribution in [0, 0.1) is 0 Å². The minimum atomic E-state index is -1.05. The predicted octanol–water partition coefficient (Wildman–Crippen LogP) is 7.86. The number of fused-ring (bicyclic) bond motifs is 2. The van der Waals surface area contributed by atoms with Crippen molar-refractivity contribution in [1.29, 1.82) is 0 Å². The molecule has 9 rings (SSSR count). The van der Waals surface area contributed by atoms with Gasteiger partial charge in [0.1, 0.15) is 16.9 Å². The van der Waals surface area contributed by atoms with Gasteiger partial charge in [-0.25, -0.2) is 14.8 Å². The number of benzene rings is 2. The number of hydrogen-bond acceptors (Lipinski definition) is 11. The maximum Gasteiger partial charge on any atom is 0.339 e. The summed E-state index contributed by atoms with van der Waals surface area (Å²) in [5.74, 6) is -1.12. The Morgan fingerprint density at radius 1 is 0.632 bits per heavy atom. The second-order valence-corrected chi connectivity index (χ2v) is 18.9. The molecule has 3 fully saturated rings. The Morgan fingerprint density at radius 2 is 1.07 bits per heavy atom. The fraction of sp³-hybridized carbons (Fsp3) is 0.362. The maximum absolute atomic E-state index is 13.5. The highest BCUT2D eigenvalue weighted by atomic mass is 35.5. The number of amides is 3. The number of aromatic carboxylic acids is 1. The van der Waals surface area contributed by atoms with Gasteiger partial charge in [0.15, 0.2) is 0 Å². The first-order chi connectivity index (χ1) is 32.8. The lowest BCUT2D eigenvalue weighted by Crippen LogP contribution is -2.48. The number of likely N-dealkylation sites (N-methyl/N-ethyl adjacent to an activating group) is 1. The number of hydrogen-bond donors (Lipinski definition) is 7. The van der Waals surface area contributed by atoms with Crippen LogP contribution in [0.5, 0.6) is 0 Å². The van der Waals surface area contributed by atoms with Crippen LogP contribution in [-0.2, 0) is 9.59 Å². The molecule has 0 aliphatic carbocycles. The van der Waals surface area contributed by atoms with E-state index >= 15 is 0 Å². The molecule has 2 aromatic carbocycles. The number of piperidine rings is 2. The van der Waals surface area contributed by atoms with E-state index in [9.17, 15) is 24.3 Å². The first kappa shape index (κ1) is 48.5. The number of nitrogens with one attached hydrogen (secondary N) is 6. The largest absolute Gasteiger partial charge is 0.478 e. The summed E-state index contributed by atoms with van der Waals surface area (Å²) in [6, 6.07) is 13.9. The lowest BCUT2D eigenvalue weighted by atomic mass is 10.0. The fourth-order valence-corrected chi connectivity index (χ4v) is 9.83. The molecule has 3 saturated heterocycles. The highest BCUT2D eigenvalue weighted by Crippen LogP contribution is 2.31. The highest BCUT2D eigenvalue weighted by Gasteiger charge is 2.29. The number of nitrogens with zero attached hydrogens (tertiary/aromatic N) is 6. The van der Waals surface area contributed by atoms with E-state index in [1.54, 1.807) is 59.8 Å². The van der Waals surface area contributed by atoms with Gasteiger partial charge in [-0.15, -0.1) is 0 Å². The lowest BCUT2D eigenvalue weighted by molar-refractivity contribution is -0.131. The van der Waals surface area contributed by atoms with E-state index in [0.29, 0.717) is 93.0 Å². The van der Waals surface area contributed by atoms with Crippen molar-refractivity contribution < 1.29 is 24.3 Å². The minimum absolute atomic E-state index is 0.00199. The number of carbonyl (C=O) groups is 4. The lowest BCUT2D eigenvalue weighted by Gasteiger charge is -2.35. The van der Waals surface area contributed by atoms with Crippen LogP contribution in [0.1, 0.15) is 46.4 Å². The quantitative estimate of drug-likeness (QED) is 0.0626. The standard InChI is InChI=1S/C26H31Cl2N7O2.C21H21Cl2N5O3/c1-33-7-9-34(10-8-33)26(37)22-14-31-25-21(4-5-29-25)24(22)32-19-3-2-6-35(16-19)23(36)15-30-20-12-17(27)11-18(28)13-20;22-12-6-13(23)8-15(7-12)25-10-18(29)28-5-1-2-14(11-28)27-19-16-3-4-24-20(16)26-9-17(19)21(30)31/h4-5,11-14,19,30H,2-3,6-10,15-16H2,1H3,(H2,29,31,32);3-4,6-9,14,25H,1-2,5,10-11H2,(H,30,31)(H2,24,26,27)/t19-;14-/m11/s1. The molecule has 7 heterocycles. The molecule has 7 N–H and O–H groups in total. The fourth-order valence-electron chi connectivity index (χ4n) is 8.77. The van der Waals surface area contributed by atoms with Gasteiger partial charge in [0.2, 0.25) is 11.8 Å². The molecular formula is C47H52Cl4N12O5. The van der Waals surface area contributed by atoms with Crippen LogP contribution in [0.15, 0.2) is 73.3 Å². The number of halogens is 4. The van der Waals surface area contributed by atoms with Crippen molar-refractivity contribution in [3.8, 4) is 0 Å². The second kappa shape index (κ2) is 22.0. The summed E-state index contributed by atoms with van der Waals surface area (Å²) in [4.78, 5) is 73.5. The molecule has 0 unspecified atom stereocenters. The number of carboxylic acid groups (broad SMARTS) is 1. The Labute approximate surface area is 412 Å². The van der Waals surface area contributed by atoms with E-state index in [1.807, 2.05) is 22.1 Å². The van der Waals surface area contributed by atoms with Crippen LogP contribution in [-0.4, -0.2) is 153 Å². The number of carbonyl (C=O) groups excluding carboxylic acids is 3. The number of piperazine rings is 1. The summed E-state index contributed by atoms with van der Waals surface area (Å²) in [6.45, 7) is 5.71. The Hall–Kier alpha value is -5.98. The molecule has 17 nitrogen and oxygen atoms in total. The SMILES string of the molecule is CN1CCN(C(=O)c2cnc3[nH]ccc3c2N[C@@H]2CCCN(C(=O)CNc3cc(Cl)cc(Cl)c3)C2)CC1.O=C(O)c1cnc2[nH]ccc2c1N[C@@H]1CCCN(C(=O)CNc2cc(Cl)cc(Cl)c2)C1. The Kier molecular flexibility index (Phi) is 15.7. The number of aromatic nitrogens is 4. The van der Waals surface area contributed by atoms with Gasteiger partial charge in [0, 0.05) is 131 Å². The number of rotatable bonds is 12. The third-order valence-corrected chi connectivity index (χ3v) is 13.2. The minimum Gasteiger partial charge on any atom is -0.478 e.